The Labute approximate surface area is 152 Å². The van der Waals surface area contributed by atoms with Gasteiger partial charge in [-0.05, 0) is 48.9 Å². The van der Waals surface area contributed by atoms with Crippen LogP contribution >= 0.6 is 0 Å². The maximum Gasteiger partial charge on any atom is 0.0487 e. The minimum atomic E-state index is 0.285. The molecule has 0 atom stereocenters. The Kier molecular flexibility index (Phi) is 4.91. The topological polar surface area (TPSA) is 6.48 Å². The molecule has 0 radical (unpaired) electrons. The monoisotopic (exact) mass is 334 g/mol. The lowest BCUT2D eigenvalue weighted by atomic mass is 9.74. The van der Waals surface area contributed by atoms with Crippen LogP contribution in [-0.4, -0.2) is 42.5 Å². The van der Waals surface area contributed by atoms with Crippen LogP contribution < -0.4 is 0 Å². The van der Waals surface area contributed by atoms with Gasteiger partial charge in [-0.3, -0.25) is 4.90 Å². The Hall–Kier alpha value is -1.64. The molecule has 1 fully saturated rings. The van der Waals surface area contributed by atoms with Gasteiger partial charge in [-0.15, -0.1) is 0 Å². The second-order valence-electron chi connectivity index (χ2n) is 7.60. The molecule has 0 aromatic heterocycles. The van der Waals surface area contributed by atoms with E-state index in [1.54, 1.807) is 11.1 Å². The van der Waals surface area contributed by atoms with Crippen molar-refractivity contribution < 1.29 is 0 Å². The average molecular weight is 335 g/mol. The number of likely N-dealkylation sites (N-methyl/N-ethyl adjacent to an activating group) is 1. The van der Waals surface area contributed by atoms with Crippen LogP contribution in [0.3, 0.4) is 0 Å². The van der Waals surface area contributed by atoms with E-state index >= 15 is 0 Å². The molecular weight excluding hydrogens is 304 g/mol. The molecule has 0 aliphatic carbocycles. The number of hydrogen-bond acceptors (Lipinski definition) is 2. The molecule has 2 heterocycles. The Bertz CT molecular complexity index is 686. The molecule has 0 unspecified atom stereocenters. The van der Waals surface area contributed by atoms with Gasteiger partial charge in [0.25, 0.3) is 0 Å². The van der Waals surface area contributed by atoms with Crippen LogP contribution in [0.15, 0.2) is 54.6 Å². The van der Waals surface area contributed by atoms with Crippen LogP contribution in [-0.2, 0) is 18.4 Å². The first kappa shape index (κ1) is 16.8. The van der Waals surface area contributed by atoms with E-state index in [1.807, 2.05) is 0 Å². The molecule has 2 heteroatoms. The van der Waals surface area contributed by atoms with Crippen LogP contribution in [0, 0.1) is 0 Å². The third-order valence-electron chi connectivity index (χ3n) is 6.40. The van der Waals surface area contributed by atoms with E-state index < -0.39 is 0 Å². The summed E-state index contributed by atoms with van der Waals surface area (Å²) in [6, 6.07) is 20.1. The van der Waals surface area contributed by atoms with Crippen molar-refractivity contribution in [2.24, 2.45) is 0 Å². The lowest BCUT2D eigenvalue weighted by Crippen LogP contribution is -2.56. The number of rotatable bonds is 4. The fourth-order valence-electron chi connectivity index (χ4n) is 4.96. The van der Waals surface area contributed by atoms with E-state index in [2.05, 4.69) is 71.3 Å². The molecule has 2 nitrogen and oxygen atoms in total. The molecule has 2 aromatic rings. The second kappa shape index (κ2) is 7.31. The predicted molar refractivity (Wildman–Crippen MR) is 105 cm³/mol. The Balaban J connectivity index is 1.46. The molecule has 2 aromatic carbocycles. The second-order valence-corrected chi connectivity index (χ2v) is 7.60. The van der Waals surface area contributed by atoms with E-state index in [0.29, 0.717) is 0 Å². The molecule has 4 rings (SSSR count). The zero-order valence-corrected chi connectivity index (χ0v) is 15.5. The third kappa shape index (κ3) is 3.26. The first-order valence-electron chi connectivity index (χ1n) is 9.91. The number of nitrogens with zero attached hydrogens (tertiary/aromatic N) is 2. The maximum absolute atomic E-state index is 2.75. The van der Waals surface area contributed by atoms with Crippen molar-refractivity contribution in [1.29, 1.82) is 0 Å². The third-order valence-corrected chi connectivity index (χ3v) is 6.40. The smallest absolute Gasteiger partial charge is 0.0487 e. The highest BCUT2D eigenvalue weighted by atomic mass is 15.2. The summed E-state index contributed by atoms with van der Waals surface area (Å²) < 4.78 is 0. The fraction of sp³-hybridized carbons (Fsp3) is 0.478. The van der Waals surface area contributed by atoms with Crippen LogP contribution in [0.2, 0.25) is 0 Å². The minimum absolute atomic E-state index is 0.285. The number of piperidine rings is 1. The zero-order valence-electron chi connectivity index (χ0n) is 15.5. The van der Waals surface area contributed by atoms with Gasteiger partial charge in [0, 0.05) is 31.7 Å². The summed E-state index contributed by atoms with van der Waals surface area (Å²) in [5.74, 6) is 0. The zero-order chi connectivity index (χ0) is 17.1. The van der Waals surface area contributed by atoms with Gasteiger partial charge >= 0.3 is 0 Å². The first-order chi connectivity index (χ1) is 12.3. The van der Waals surface area contributed by atoms with E-state index in [-0.39, 0.29) is 5.54 Å². The minimum Gasteiger partial charge on any atom is -0.303 e. The van der Waals surface area contributed by atoms with Crippen molar-refractivity contribution >= 4 is 0 Å². The summed E-state index contributed by atoms with van der Waals surface area (Å²) >= 11 is 0. The molecule has 25 heavy (non-hydrogen) atoms. The Morgan fingerprint density at radius 1 is 0.880 bits per heavy atom. The maximum atomic E-state index is 2.75. The van der Waals surface area contributed by atoms with E-state index in [9.17, 15) is 0 Å². The summed E-state index contributed by atoms with van der Waals surface area (Å²) in [5.41, 5.74) is 4.95. The highest BCUT2D eigenvalue weighted by Crippen LogP contribution is 2.43. The molecule has 1 saturated heterocycles. The summed E-state index contributed by atoms with van der Waals surface area (Å²) in [7, 11) is 0. The average Bonchev–Trinajstić information content (AvgIpc) is 2.69. The standard InChI is InChI=1S/C23H30N2/c1-2-25-17-13-21-10-6-7-11-22(21)23(25)14-18-24(19-15-23)16-12-20-8-4-3-5-9-20/h3-11H,2,12-19H2,1H3. The lowest BCUT2D eigenvalue weighted by molar-refractivity contribution is 0.0129. The molecule has 0 N–H and O–H groups in total. The molecule has 132 valence electrons. The molecule has 2 aliphatic rings. The summed E-state index contributed by atoms with van der Waals surface area (Å²) in [4.78, 5) is 5.42. The van der Waals surface area contributed by atoms with Gasteiger partial charge in [0.05, 0.1) is 0 Å². The summed E-state index contributed by atoms with van der Waals surface area (Å²) in [6.07, 6.45) is 4.92. The van der Waals surface area contributed by atoms with Crippen molar-refractivity contribution in [2.75, 3.05) is 32.7 Å². The predicted octanol–water partition coefficient (Wildman–Crippen LogP) is 4.10. The van der Waals surface area contributed by atoms with Crippen molar-refractivity contribution in [3.05, 3.63) is 71.3 Å². The summed E-state index contributed by atoms with van der Waals surface area (Å²) in [5, 5.41) is 0. The lowest BCUT2D eigenvalue weighted by Gasteiger charge is -2.52. The van der Waals surface area contributed by atoms with Gasteiger partial charge in [0.15, 0.2) is 0 Å². The Morgan fingerprint density at radius 2 is 1.60 bits per heavy atom. The van der Waals surface area contributed by atoms with Crippen LogP contribution in [0.5, 0.6) is 0 Å². The van der Waals surface area contributed by atoms with Gasteiger partial charge in [-0.2, -0.15) is 0 Å². The molecule has 2 aliphatic heterocycles. The van der Waals surface area contributed by atoms with E-state index in [1.165, 1.54) is 64.0 Å². The molecule has 0 saturated carbocycles. The summed E-state index contributed by atoms with van der Waals surface area (Å²) in [6.45, 7) is 8.34. The number of benzene rings is 2. The van der Waals surface area contributed by atoms with Gasteiger partial charge in [0.2, 0.25) is 0 Å². The quantitative estimate of drug-likeness (QED) is 0.831. The number of hydrogen-bond donors (Lipinski definition) is 0. The van der Waals surface area contributed by atoms with E-state index in [4.69, 9.17) is 0 Å². The van der Waals surface area contributed by atoms with Gasteiger partial charge in [-0.25, -0.2) is 0 Å². The molecular formula is C23H30N2. The van der Waals surface area contributed by atoms with Crippen LogP contribution in [0.25, 0.3) is 0 Å². The highest BCUT2D eigenvalue weighted by Gasteiger charge is 2.43. The van der Waals surface area contributed by atoms with Crippen molar-refractivity contribution in [1.82, 2.24) is 9.80 Å². The van der Waals surface area contributed by atoms with Crippen LogP contribution in [0.4, 0.5) is 0 Å². The first-order valence-corrected chi connectivity index (χ1v) is 9.91. The van der Waals surface area contributed by atoms with Gasteiger partial charge in [-0.1, -0.05) is 61.5 Å². The number of likely N-dealkylation sites (tertiary alicyclic amines) is 1. The van der Waals surface area contributed by atoms with Crippen molar-refractivity contribution in [3.63, 3.8) is 0 Å². The van der Waals surface area contributed by atoms with Gasteiger partial charge in [0.1, 0.15) is 0 Å². The number of fused-ring (bicyclic) bond motifs is 2. The molecule has 0 bridgehead atoms. The van der Waals surface area contributed by atoms with E-state index in [0.717, 1.165) is 0 Å². The van der Waals surface area contributed by atoms with Crippen molar-refractivity contribution in [2.45, 2.75) is 38.1 Å². The molecule has 0 amide bonds. The van der Waals surface area contributed by atoms with Gasteiger partial charge < -0.3 is 4.90 Å². The van der Waals surface area contributed by atoms with Crippen LogP contribution in [0.1, 0.15) is 36.5 Å². The Morgan fingerprint density at radius 3 is 2.36 bits per heavy atom. The fourth-order valence-corrected chi connectivity index (χ4v) is 4.96. The SMILES string of the molecule is CCN1CCc2ccccc2C12CCN(CCc1ccccc1)CC2. The van der Waals surface area contributed by atoms with Crippen molar-refractivity contribution in [3.8, 4) is 0 Å². The molecule has 1 spiro atoms. The largest absolute Gasteiger partial charge is 0.303 e. The normalized spacial score (nSPS) is 20.5. The highest BCUT2D eigenvalue weighted by molar-refractivity contribution is 5.37.